The van der Waals surface area contributed by atoms with E-state index in [4.69, 9.17) is 4.74 Å². The van der Waals surface area contributed by atoms with Crippen LogP contribution >= 0.6 is 0 Å². The molecule has 0 fully saturated rings. The topological polar surface area (TPSA) is 26.3 Å². The standard InChI is InChI=1S/C21H28O2/c1-4-12-23-20(22)21-14-16(3)15(2)13-18(21)10-7-9-17-8-5-6-11-19(17)21/h5-6,8,11,18H,4,7,9-10,12-14H2,1-3H3/t18-,21+/m1/s1. The summed E-state index contributed by atoms with van der Waals surface area (Å²) >= 11 is 0. The molecule has 124 valence electrons. The summed E-state index contributed by atoms with van der Waals surface area (Å²) in [5.41, 5.74) is 4.94. The first-order valence-electron chi connectivity index (χ1n) is 9.00. The van der Waals surface area contributed by atoms with Crippen LogP contribution in [0.15, 0.2) is 35.4 Å². The van der Waals surface area contributed by atoms with Crippen LogP contribution in [-0.2, 0) is 21.4 Å². The lowest BCUT2D eigenvalue weighted by molar-refractivity contribution is -0.153. The highest BCUT2D eigenvalue weighted by Gasteiger charge is 2.51. The highest BCUT2D eigenvalue weighted by molar-refractivity contribution is 5.85. The fourth-order valence-corrected chi connectivity index (χ4v) is 4.48. The van der Waals surface area contributed by atoms with E-state index in [1.807, 2.05) is 0 Å². The summed E-state index contributed by atoms with van der Waals surface area (Å²) in [5.74, 6) is 0.379. The average Bonchev–Trinajstić information content (AvgIpc) is 2.71. The highest BCUT2D eigenvalue weighted by atomic mass is 16.5. The minimum atomic E-state index is -0.466. The summed E-state index contributed by atoms with van der Waals surface area (Å²) in [6.07, 6.45) is 6.08. The maximum Gasteiger partial charge on any atom is 0.317 e. The molecule has 2 heteroatoms. The van der Waals surface area contributed by atoms with Crippen LogP contribution in [0.1, 0.15) is 64.0 Å². The smallest absolute Gasteiger partial charge is 0.317 e. The largest absolute Gasteiger partial charge is 0.465 e. The minimum Gasteiger partial charge on any atom is -0.465 e. The van der Waals surface area contributed by atoms with Gasteiger partial charge in [0.2, 0.25) is 0 Å². The molecule has 0 heterocycles. The van der Waals surface area contributed by atoms with Crippen molar-refractivity contribution in [1.82, 2.24) is 0 Å². The van der Waals surface area contributed by atoms with Gasteiger partial charge in [-0.2, -0.15) is 0 Å². The fourth-order valence-electron chi connectivity index (χ4n) is 4.48. The van der Waals surface area contributed by atoms with Gasteiger partial charge in [-0.05, 0) is 69.4 Å². The molecule has 0 radical (unpaired) electrons. The van der Waals surface area contributed by atoms with E-state index in [0.717, 1.165) is 38.5 Å². The quantitative estimate of drug-likeness (QED) is 0.582. The van der Waals surface area contributed by atoms with Crippen LogP contribution in [0.4, 0.5) is 0 Å². The molecule has 2 nitrogen and oxygen atoms in total. The maximum absolute atomic E-state index is 13.2. The number of allylic oxidation sites excluding steroid dienone is 2. The Balaban J connectivity index is 2.14. The highest BCUT2D eigenvalue weighted by Crippen LogP contribution is 2.51. The molecule has 0 bridgehead atoms. The summed E-state index contributed by atoms with van der Waals surface area (Å²) in [6, 6.07) is 8.56. The molecule has 1 aromatic carbocycles. The van der Waals surface area contributed by atoms with Crippen molar-refractivity contribution in [2.24, 2.45) is 5.92 Å². The van der Waals surface area contributed by atoms with Gasteiger partial charge in [0, 0.05) is 0 Å². The third-order valence-electron chi connectivity index (χ3n) is 5.82. The second-order valence-corrected chi connectivity index (χ2v) is 7.30. The Morgan fingerprint density at radius 3 is 2.83 bits per heavy atom. The lowest BCUT2D eigenvalue weighted by atomic mass is 9.60. The van der Waals surface area contributed by atoms with Gasteiger partial charge in [0.15, 0.2) is 0 Å². The summed E-state index contributed by atoms with van der Waals surface area (Å²) in [6.45, 7) is 7.00. The first kappa shape index (κ1) is 16.3. The van der Waals surface area contributed by atoms with Crippen molar-refractivity contribution in [2.75, 3.05) is 6.61 Å². The molecular formula is C21H28O2. The van der Waals surface area contributed by atoms with E-state index in [-0.39, 0.29) is 5.97 Å². The van der Waals surface area contributed by atoms with Gasteiger partial charge in [0.25, 0.3) is 0 Å². The van der Waals surface area contributed by atoms with Crippen molar-refractivity contribution in [2.45, 2.75) is 64.7 Å². The van der Waals surface area contributed by atoms with Gasteiger partial charge in [0.05, 0.1) is 12.0 Å². The van der Waals surface area contributed by atoms with Gasteiger partial charge in [-0.1, -0.05) is 42.3 Å². The van der Waals surface area contributed by atoms with Crippen LogP contribution in [-0.4, -0.2) is 12.6 Å². The molecule has 0 saturated heterocycles. The van der Waals surface area contributed by atoms with Gasteiger partial charge >= 0.3 is 5.97 Å². The van der Waals surface area contributed by atoms with Crippen LogP contribution in [0.2, 0.25) is 0 Å². The molecule has 0 unspecified atom stereocenters. The number of carbonyl (C=O) groups excluding carboxylic acids is 1. The summed E-state index contributed by atoms with van der Waals surface area (Å²) in [5, 5.41) is 0. The molecule has 0 saturated carbocycles. The predicted molar refractivity (Wildman–Crippen MR) is 93.4 cm³/mol. The SMILES string of the molecule is CCCOC(=O)[C@@]12CC(C)=C(C)C[C@H]1CCCc1ccccc12. The van der Waals surface area contributed by atoms with Gasteiger partial charge < -0.3 is 4.74 Å². The van der Waals surface area contributed by atoms with Gasteiger partial charge in [-0.15, -0.1) is 0 Å². The van der Waals surface area contributed by atoms with Gasteiger partial charge in [0.1, 0.15) is 0 Å². The van der Waals surface area contributed by atoms with Crippen LogP contribution in [0.25, 0.3) is 0 Å². The Kier molecular flexibility index (Phi) is 4.61. The Hall–Kier alpha value is -1.57. The lowest BCUT2D eigenvalue weighted by Crippen LogP contribution is -2.46. The molecule has 2 atom stereocenters. The number of fused-ring (bicyclic) bond motifs is 3. The van der Waals surface area contributed by atoms with Crippen molar-refractivity contribution in [3.8, 4) is 0 Å². The number of hydrogen-bond donors (Lipinski definition) is 0. The minimum absolute atomic E-state index is 0.00514. The van der Waals surface area contributed by atoms with Crippen molar-refractivity contribution in [3.63, 3.8) is 0 Å². The van der Waals surface area contributed by atoms with Crippen LogP contribution in [0, 0.1) is 5.92 Å². The van der Waals surface area contributed by atoms with E-state index < -0.39 is 5.41 Å². The molecule has 23 heavy (non-hydrogen) atoms. The molecular weight excluding hydrogens is 284 g/mol. The van der Waals surface area contributed by atoms with E-state index in [0.29, 0.717) is 12.5 Å². The predicted octanol–water partition coefficient (Wildman–Crippen LogP) is 4.96. The zero-order chi connectivity index (χ0) is 16.4. The molecule has 0 amide bonds. The third-order valence-corrected chi connectivity index (χ3v) is 5.82. The number of ether oxygens (including phenoxy) is 1. The van der Waals surface area contributed by atoms with Crippen LogP contribution in [0.5, 0.6) is 0 Å². The molecule has 0 spiro atoms. The number of rotatable bonds is 3. The van der Waals surface area contributed by atoms with Gasteiger partial charge in [-0.25, -0.2) is 0 Å². The molecule has 0 aliphatic heterocycles. The Morgan fingerprint density at radius 1 is 1.26 bits per heavy atom. The van der Waals surface area contributed by atoms with Gasteiger partial charge in [-0.3, -0.25) is 4.79 Å². The number of carbonyl (C=O) groups is 1. The van der Waals surface area contributed by atoms with E-state index in [2.05, 4.69) is 45.0 Å². The number of aryl methyl sites for hydroxylation is 1. The van der Waals surface area contributed by atoms with E-state index >= 15 is 0 Å². The Bertz CT molecular complexity index is 628. The van der Waals surface area contributed by atoms with E-state index in [1.165, 1.54) is 22.3 Å². The lowest BCUT2D eigenvalue weighted by Gasteiger charge is -2.43. The Morgan fingerprint density at radius 2 is 2.04 bits per heavy atom. The van der Waals surface area contributed by atoms with Crippen molar-refractivity contribution >= 4 is 5.97 Å². The summed E-state index contributed by atoms with van der Waals surface area (Å²) in [4.78, 5) is 13.2. The van der Waals surface area contributed by atoms with E-state index in [9.17, 15) is 4.79 Å². The Labute approximate surface area is 139 Å². The van der Waals surface area contributed by atoms with Crippen LogP contribution in [0.3, 0.4) is 0 Å². The van der Waals surface area contributed by atoms with Crippen molar-refractivity contribution in [1.29, 1.82) is 0 Å². The second kappa shape index (κ2) is 6.51. The molecule has 3 rings (SSSR count). The molecule has 1 aromatic rings. The van der Waals surface area contributed by atoms with Crippen LogP contribution < -0.4 is 0 Å². The van der Waals surface area contributed by atoms with Crippen molar-refractivity contribution < 1.29 is 9.53 Å². The molecule has 0 aromatic heterocycles. The number of hydrogen-bond acceptors (Lipinski definition) is 2. The molecule has 2 aliphatic rings. The third kappa shape index (κ3) is 2.73. The maximum atomic E-state index is 13.2. The fraction of sp³-hybridized carbons (Fsp3) is 0.571. The average molecular weight is 312 g/mol. The number of esters is 1. The molecule has 2 aliphatic carbocycles. The normalized spacial score (nSPS) is 27.0. The zero-order valence-electron chi connectivity index (χ0n) is 14.7. The summed E-state index contributed by atoms with van der Waals surface area (Å²) in [7, 11) is 0. The van der Waals surface area contributed by atoms with E-state index in [1.54, 1.807) is 0 Å². The summed E-state index contributed by atoms with van der Waals surface area (Å²) < 4.78 is 5.73. The van der Waals surface area contributed by atoms with Crippen molar-refractivity contribution in [3.05, 3.63) is 46.5 Å². The monoisotopic (exact) mass is 312 g/mol. The molecule has 0 N–H and O–H groups in total. The first-order chi connectivity index (χ1) is 11.1. The second-order valence-electron chi connectivity index (χ2n) is 7.30. The zero-order valence-corrected chi connectivity index (χ0v) is 14.7. The number of benzene rings is 1. The first-order valence-corrected chi connectivity index (χ1v) is 9.00.